The molecule has 0 spiro atoms. The van der Waals surface area contributed by atoms with Crippen LogP contribution in [0.5, 0.6) is 0 Å². The van der Waals surface area contributed by atoms with E-state index in [1.807, 2.05) is 0 Å². The highest BCUT2D eigenvalue weighted by Gasteiger charge is 2.24. The largest absolute Gasteiger partial charge is 0.381 e. The third kappa shape index (κ3) is 2.87. The molecule has 1 fully saturated rings. The van der Waals surface area contributed by atoms with E-state index >= 15 is 0 Å². The molecule has 1 aliphatic rings. The zero-order valence-corrected chi connectivity index (χ0v) is 8.49. The molecule has 0 radical (unpaired) electrons. The van der Waals surface area contributed by atoms with Gasteiger partial charge < -0.3 is 15.4 Å². The smallest absolute Gasteiger partial charge is 0.167 e. The van der Waals surface area contributed by atoms with E-state index in [0.29, 0.717) is 11.0 Å². The third-order valence-electron chi connectivity index (χ3n) is 2.13. The summed E-state index contributed by atoms with van der Waals surface area (Å²) in [6.45, 7) is 1.53. The van der Waals surface area contributed by atoms with Gasteiger partial charge in [-0.15, -0.1) is 6.42 Å². The standard InChI is InChI=1S/C9H14N2OS/c1-3-8(11-9(13)10-2)7-4-5-12-6-7/h1,7-8H,4-6H2,2H3,(H2,10,11,13). The second-order valence-electron chi connectivity index (χ2n) is 2.99. The van der Waals surface area contributed by atoms with Crippen LogP contribution in [0.1, 0.15) is 6.42 Å². The monoisotopic (exact) mass is 198 g/mol. The average Bonchev–Trinajstić information content (AvgIpc) is 2.66. The highest BCUT2D eigenvalue weighted by Crippen LogP contribution is 2.16. The molecule has 0 aromatic heterocycles. The van der Waals surface area contributed by atoms with E-state index in [1.165, 1.54) is 0 Å². The minimum Gasteiger partial charge on any atom is -0.381 e. The van der Waals surface area contributed by atoms with Gasteiger partial charge in [0.05, 0.1) is 12.6 Å². The number of terminal acetylenes is 1. The van der Waals surface area contributed by atoms with Crippen LogP contribution in [0.2, 0.25) is 0 Å². The fourth-order valence-electron chi connectivity index (χ4n) is 1.32. The molecule has 0 saturated carbocycles. The summed E-state index contributed by atoms with van der Waals surface area (Å²) in [6, 6.07) is -0.0116. The van der Waals surface area contributed by atoms with E-state index in [0.717, 1.165) is 19.6 Å². The Hall–Kier alpha value is -0.790. The lowest BCUT2D eigenvalue weighted by molar-refractivity contribution is 0.183. The summed E-state index contributed by atoms with van der Waals surface area (Å²) in [5.41, 5.74) is 0. The molecule has 0 amide bonds. The number of hydrogen-bond donors (Lipinski definition) is 2. The Morgan fingerprint density at radius 2 is 2.54 bits per heavy atom. The number of thiocarbonyl (C=S) groups is 1. The molecule has 0 bridgehead atoms. The van der Waals surface area contributed by atoms with E-state index in [4.69, 9.17) is 23.4 Å². The van der Waals surface area contributed by atoms with Crippen LogP contribution in [0.4, 0.5) is 0 Å². The quantitative estimate of drug-likeness (QED) is 0.488. The minimum atomic E-state index is -0.0116. The lowest BCUT2D eigenvalue weighted by atomic mass is 10.0. The van der Waals surface area contributed by atoms with Crippen LogP contribution in [-0.2, 0) is 4.74 Å². The van der Waals surface area contributed by atoms with Crippen molar-refractivity contribution in [3.05, 3.63) is 0 Å². The lowest BCUT2D eigenvalue weighted by Gasteiger charge is -2.19. The molecule has 1 saturated heterocycles. The number of hydrogen-bond acceptors (Lipinski definition) is 2. The van der Waals surface area contributed by atoms with Gasteiger partial charge in [0.1, 0.15) is 0 Å². The molecule has 2 atom stereocenters. The molecular weight excluding hydrogens is 184 g/mol. The maximum atomic E-state index is 5.40. The second-order valence-corrected chi connectivity index (χ2v) is 3.40. The van der Waals surface area contributed by atoms with E-state index < -0.39 is 0 Å². The third-order valence-corrected chi connectivity index (χ3v) is 2.45. The molecule has 4 heteroatoms. The van der Waals surface area contributed by atoms with Gasteiger partial charge in [0, 0.05) is 19.6 Å². The first kappa shape index (κ1) is 10.3. The van der Waals surface area contributed by atoms with Gasteiger partial charge in [-0.2, -0.15) is 0 Å². The van der Waals surface area contributed by atoms with Crippen LogP contribution in [0.3, 0.4) is 0 Å². The first-order valence-electron chi connectivity index (χ1n) is 4.30. The van der Waals surface area contributed by atoms with Crippen molar-refractivity contribution in [2.75, 3.05) is 20.3 Å². The summed E-state index contributed by atoms with van der Waals surface area (Å²) in [4.78, 5) is 0. The average molecular weight is 198 g/mol. The van der Waals surface area contributed by atoms with Crippen LogP contribution in [0, 0.1) is 18.3 Å². The molecule has 0 aromatic carbocycles. The molecular formula is C9H14N2OS. The van der Waals surface area contributed by atoms with Crippen LogP contribution >= 0.6 is 12.2 Å². The van der Waals surface area contributed by atoms with E-state index in [-0.39, 0.29) is 6.04 Å². The maximum Gasteiger partial charge on any atom is 0.167 e. The zero-order chi connectivity index (χ0) is 9.68. The fourth-order valence-corrected chi connectivity index (χ4v) is 1.45. The van der Waals surface area contributed by atoms with Gasteiger partial charge in [0.15, 0.2) is 5.11 Å². The summed E-state index contributed by atoms with van der Waals surface area (Å²) < 4.78 is 5.26. The van der Waals surface area contributed by atoms with Crippen molar-refractivity contribution in [2.45, 2.75) is 12.5 Å². The van der Waals surface area contributed by atoms with E-state index in [2.05, 4.69) is 16.6 Å². The molecule has 72 valence electrons. The molecule has 0 aliphatic carbocycles. The van der Waals surface area contributed by atoms with Crippen LogP contribution in [0.25, 0.3) is 0 Å². The van der Waals surface area contributed by atoms with Crippen LogP contribution in [0.15, 0.2) is 0 Å². The molecule has 13 heavy (non-hydrogen) atoms. The van der Waals surface area contributed by atoms with Gasteiger partial charge >= 0.3 is 0 Å². The lowest BCUT2D eigenvalue weighted by Crippen LogP contribution is -2.43. The maximum absolute atomic E-state index is 5.40. The minimum absolute atomic E-state index is 0.0116. The first-order chi connectivity index (χ1) is 6.27. The Morgan fingerprint density at radius 1 is 1.77 bits per heavy atom. The van der Waals surface area contributed by atoms with Crippen molar-refractivity contribution in [1.82, 2.24) is 10.6 Å². The number of nitrogens with one attached hydrogen (secondary N) is 2. The van der Waals surface area contributed by atoms with Crippen molar-refractivity contribution in [2.24, 2.45) is 5.92 Å². The van der Waals surface area contributed by atoms with E-state index in [9.17, 15) is 0 Å². The van der Waals surface area contributed by atoms with E-state index in [1.54, 1.807) is 7.05 Å². The molecule has 3 nitrogen and oxygen atoms in total. The van der Waals surface area contributed by atoms with Crippen LogP contribution in [-0.4, -0.2) is 31.4 Å². The Kier molecular flexibility index (Phi) is 4.00. The highest BCUT2D eigenvalue weighted by molar-refractivity contribution is 7.80. The molecule has 1 aliphatic heterocycles. The van der Waals surface area contributed by atoms with Crippen molar-refractivity contribution in [3.8, 4) is 12.3 Å². The Balaban J connectivity index is 2.43. The van der Waals surface area contributed by atoms with Gasteiger partial charge in [0.25, 0.3) is 0 Å². The van der Waals surface area contributed by atoms with Crippen molar-refractivity contribution in [3.63, 3.8) is 0 Å². The highest BCUT2D eigenvalue weighted by atomic mass is 32.1. The van der Waals surface area contributed by atoms with Gasteiger partial charge in [-0.25, -0.2) is 0 Å². The first-order valence-corrected chi connectivity index (χ1v) is 4.71. The molecule has 0 aromatic rings. The van der Waals surface area contributed by atoms with Crippen molar-refractivity contribution >= 4 is 17.3 Å². The predicted octanol–water partition coefficient (Wildman–Crippen LogP) is 0.119. The molecule has 2 unspecified atom stereocenters. The van der Waals surface area contributed by atoms with Crippen molar-refractivity contribution in [1.29, 1.82) is 0 Å². The van der Waals surface area contributed by atoms with Gasteiger partial charge in [0.2, 0.25) is 0 Å². The summed E-state index contributed by atoms with van der Waals surface area (Å²) >= 11 is 4.97. The zero-order valence-electron chi connectivity index (χ0n) is 7.67. The Bertz CT molecular complexity index is 218. The van der Waals surface area contributed by atoms with Crippen molar-refractivity contribution < 1.29 is 4.74 Å². The van der Waals surface area contributed by atoms with Crippen LogP contribution < -0.4 is 10.6 Å². The number of ether oxygens (including phenoxy) is 1. The molecule has 1 rings (SSSR count). The van der Waals surface area contributed by atoms with Gasteiger partial charge in [-0.3, -0.25) is 0 Å². The second kappa shape index (κ2) is 5.05. The molecule has 1 heterocycles. The predicted molar refractivity (Wildman–Crippen MR) is 56.3 cm³/mol. The van der Waals surface area contributed by atoms with Gasteiger partial charge in [-0.05, 0) is 18.6 Å². The topological polar surface area (TPSA) is 33.3 Å². The Morgan fingerprint density at radius 3 is 3.00 bits per heavy atom. The van der Waals surface area contributed by atoms with Gasteiger partial charge in [-0.1, -0.05) is 5.92 Å². The summed E-state index contributed by atoms with van der Waals surface area (Å²) in [5.74, 6) is 3.08. The number of rotatable bonds is 2. The SMILES string of the molecule is C#CC(NC(=S)NC)C1CCOC1. The Labute approximate surface area is 84.2 Å². The summed E-state index contributed by atoms with van der Waals surface area (Å²) in [5, 5.41) is 6.49. The summed E-state index contributed by atoms with van der Waals surface area (Å²) in [6.07, 6.45) is 6.41. The summed E-state index contributed by atoms with van der Waals surface area (Å²) in [7, 11) is 1.77. The fraction of sp³-hybridized carbons (Fsp3) is 0.667. The normalized spacial score (nSPS) is 23.2. The molecule has 2 N–H and O–H groups in total.